The number of rotatable bonds is 14. The topological polar surface area (TPSA) is 112 Å². The summed E-state index contributed by atoms with van der Waals surface area (Å²) in [6, 6.07) is 33.0. The third kappa shape index (κ3) is 8.69. The van der Waals surface area contributed by atoms with Crippen LogP contribution in [0.4, 0.5) is 9.59 Å². The molecule has 4 aromatic rings. The number of ether oxygens (including phenoxy) is 4. The van der Waals surface area contributed by atoms with E-state index in [1.54, 1.807) is 26.4 Å². The van der Waals surface area contributed by atoms with Crippen LogP contribution in [0.15, 0.2) is 121 Å². The highest BCUT2D eigenvalue weighted by Gasteiger charge is 2.42. The highest BCUT2D eigenvalue weighted by molar-refractivity contribution is 5.97. The minimum Gasteiger partial charge on any atom is -0.497 e. The number of imide groups is 2. The van der Waals surface area contributed by atoms with Crippen LogP contribution >= 0.6 is 0 Å². The second-order valence-electron chi connectivity index (χ2n) is 13.0. The first kappa shape index (κ1) is 35.9. The molecule has 4 amide bonds. The van der Waals surface area contributed by atoms with E-state index in [0.29, 0.717) is 24.3 Å². The number of benzene rings is 4. The van der Waals surface area contributed by atoms with Crippen molar-refractivity contribution in [2.75, 3.05) is 27.4 Å². The fourth-order valence-corrected chi connectivity index (χ4v) is 6.67. The van der Waals surface area contributed by atoms with Crippen molar-refractivity contribution in [3.8, 4) is 11.5 Å². The van der Waals surface area contributed by atoms with Gasteiger partial charge in [0.1, 0.15) is 24.7 Å². The van der Waals surface area contributed by atoms with E-state index in [1.165, 1.54) is 9.80 Å². The Morgan fingerprint density at radius 3 is 1.31 bits per heavy atom. The van der Waals surface area contributed by atoms with Crippen LogP contribution in [-0.2, 0) is 44.7 Å². The molecule has 2 saturated heterocycles. The summed E-state index contributed by atoms with van der Waals surface area (Å²) in [5.41, 5.74) is 3.61. The maximum atomic E-state index is 14.4. The van der Waals surface area contributed by atoms with Crippen LogP contribution in [0.25, 0.3) is 0 Å². The van der Waals surface area contributed by atoms with Gasteiger partial charge in [0.15, 0.2) is 0 Å². The molecule has 0 aliphatic carbocycles. The van der Waals surface area contributed by atoms with Crippen molar-refractivity contribution >= 4 is 24.0 Å². The Bertz CT molecular complexity index is 1720. The maximum Gasteiger partial charge on any atom is 0.417 e. The maximum absolute atomic E-state index is 14.4. The molecule has 0 spiro atoms. The third-order valence-electron chi connectivity index (χ3n) is 9.46. The first-order valence-corrected chi connectivity index (χ1v) is 17.3. The van der Waals surface area contributed by atoms with E-state index in [4.69, 9.17) is 18.9 Å². The molecule has 6 rings (SSSR count). The third-order valence-corrected chi connectivity index (χ3v) is 9.46. The van der Waals surface area contributed by atoms with Crippen LogP contribution in [0.5, 0.6) is 11.5 Å². The van der Waals surface area contributed by atoms with Gasteiger partial charge < -0.3 is 18.9 Å². The van der Waals surface area contributed by atoms with Crippen LogP contribution in [0.2, 0.25) is 0 Å². The molecule has 52 heavy (non-hydrogen) atoms. The smallest absolute Gasteiger partial charge is 0.417 e. The number of amides is 4. The van der Waals surface area contributed by atoms with Gasteiger partial charge in [-0.25, -0.2) is 19.4 Å². The van der Waals surface area contributed by atoms with E-state index in [-0.39, 0.29) is 26.1 Å². The van der Waals surface area contributed by atoms with Gasteiger partial charge in [-0.1, -0.05) is 97.1 Å². The highest BCUT2D eigenvalue weighted by atomic mass is 16.6. The Labute approximate surface area is 303 Å². The molecule has 2 aliphatic heterocycles. The molecular weight excluding hydrogens is 660 g/mol. The van der Waals surface area contributed by atoms with Crippen LogP contribution in [0.3, 0.4) is 0 Å². The van der Waals surface area contributed by atoms with E-state index in [1.807, 2.05) is 109 Å². The van der Waals surface area contributed by atoms with E-state index < -0.39 is 47.9 Å². The number of nitrogens with zero attached hydrogens (tertiary/aromatic N) is 2. The summed E-state index contributed by atoms with van der Waals surface area (Å²) in [7, 11) is 3.16. The monoisotopic (exact) mass is 702 g/mol. The van der Waals surface area contributed by atoms with E-state index >= 15 is 0 Å². The normalized spacial score (nSPS) is 18.2. The number of hydrogen-bond acceptors (Lipinski definition) is 8. The quantitative estimate of drug-likeness (QED) is 0.138. The molecule has 0 saturated carbocycles. The standard InChI is InChI=1S/C42H42N2O8/c1-49-37-19-13-31(14-20-37)23-33(39(45)43-35(27-51-41(43)47)25-29-9-5-3-6-10-29)17-18-34(24-32-15-21-38(50-2)22-16-32)40(46)44-36(28-52-42(44)48)26-30-11-7-4-8-12-30/h3-22,33-36H,23-28H2,1-2H3/b18-17+/t33-,34-,35-,36-/m0/s1. The number of cyclic esters (lactones) is 2. The average Bonchev–Trinajstić information content (AvgIpc) is 3.73. The molecular formula is C42H42N2O8. The van der Waals surface area contributed by atoms with Crippen LogP contribution in [-0.4, -0.2) is 73.3 Å². The zero-order chi connectivity index (χ0) is 36.5. The van der Waals surface area contributed by atoms with Crippen LogP contribution in [0.1, 0.15) is 22.3 Å². The van der Waals surface area contributed by atoms with E-state index in [0.717, 1.165) is 22.3 Å². The predicted molar refractivity (Wildman–Crippen MR) is 194 cm³/mol. The van der Waals surface area contributed by atoms with Crippen molar-refractivity contribution in [1.82, 2.24) is 9.80 Å². The van der Waals surface area contributed by atoms with Gasteiger partial charge in [0.2, 0.25) is 11.8 Å². The lowest BCUT2D eigenvalue weighted by atomic mass is 9.91. The first-order chi connectivity index (χ1) is 25.3. The van der Waals surface area contributed by atoms with Gasteiger partial charge in [0, 0.05) is 0 Å². The van der Waals surface area contributed by atoms with Gasteiger partial charge in [0.05, 0.1) is 38.1 Å². The molecule has 0 bridgehead atoms. The Morgan fingerprint density at radius 1 is 0.596 bits per heavy atom. The number of carbonyl (C=O) groups excluding carboxylic acids is 4. The summed E-state index contributed by atoms with van der Waals surface area (Å²) in [6.45, 7) is 0.161. The predicted octanol–water partition coefficient (Wildman–Crippen LogP) is 6.46. The number of methoxy groups -OCH3 is 2. The summed E-state index contributed by atoms with van der Waals surface area (Å²) < 4.78 is 21.5. The Morgan fingerprint density at radius 2 is 0.962 bits per heavy atom. The molecule has 0 N–H and O–H groups in total. The molecule has 4 aromatic carbocycles. The Hall–Kier alpha value is -5.90. The van der Waals surface area contributed by atoms with Gasteiger partial charge in [-0.05, 0) is 72.2 Å². The molecule has 0 unspecified atom stereocenters. The van der Waals surface area contributed by atoms with Crippen LogP contribution < -0.4 is 9.47 Å². The van der Waals surface area contributed by atoms with E-state index in [9.17, 15) is 19.2 Å². The van der Waals surface area contributed by atoms with Gasteiger partial charge >= 0.3 is 12.2 Å². The highest BCUT2D eigenvalue weighted by Crippen LogP contribution is 2.27. The minimum absolute atomic E-state index is 0.0803. The summed E-state index contributed by atoms with van der Waals surface area (Å²) in [5.74, 6) is -1.22. The van der Waals surface area contributed by atoms with Crippen molar-refractivity contribution < 1.29 is 38.1 Å². The molecule has 0 radical (unpaired) electrons. The largest absolute Gasteiger partial charge is 0.497 e. The first-order valence-electron chi connectivity index (χ1n) is 17.3. The summed E-state index contributed by atoms with van der Waals surface area (Å²) in [6.07, 6.45) is 3.35. The number of carbonyl (C=O) groups is 4. The Kier molecular flexibility index (Phi) is 11.7. The molecule has 4 atom stereocenters. The van der Waals surface area contributed by atoms with Gasteiger partial charge in [-0.15, -0.1) is 0 Å². The second kappa shape index (κ2) is 16.9. The summed E-state index contributed by atoms with van der Waals surface area (Å²) >= 11 is 0. The second-order valence-corrected chi connectivity index (χ2v) is 13.0. The zero-order valence-corrected chi connectivity index (χ0v) is 29.3. The minimum atomic E-state index is -0.839. The molecule has 0 aromatic heterocycles. The lowest BCUT2D eigenvalue weighted by molar-refractivity contribution is -0.133. The van der Waals surface area contributed by atoms with Crippen molar-refractivity contribution in [3.63, 3.8) is 0 Å². The van der Waals surface area contributed by atoms with Crippen LogP contribution in [0, 0.1) is 11.8 Å². The summed E-state index contributed by atoms with van der Waals surface area (Å²) in [4.78, 5) is 57.5. The van der Waals surface area contributed by atoms with Crippen molar-refractivity contribution in [1.29, 1.82) is 0 Å². The van der Waals surface area contributed by atoms with Crippen molar-refractivity contribution in [2.45, 2.75) is 37.8 Å². The van der Waals surface area contributed by atoms with Gasteiger partial charge in [0.25, 0.3) is 0 Å². The molecule has 2 heterocycles. The molecule has 2 aliphatic rings. The van der Waals surface area contributed by atoms with E-state index in [2.05, 4.69) is 0 Å². The fourth-order valence-electron chi connectivity index (χ4n) is 6.67. The van der Waals surface area contributed by atoms with Gasteiger partial charge in [-0.2, -0.15) is 0 Å². The average molecular weight is 703 g/mol. The van der Waals surface area contributed by atoms with Crippen molar-refractivity contribution in [3.05, 3.63) is 144 Å². The fraction of sp³-hybridized carbons (Fsp3) is 0.286. The SMILES string of the molecule is COc1ccc(C[C@H](/C=C/[C@@H](Cc2ccc(OC)cc2)C(=O)N2C(=O)OC[C@@H]2Cc2ccccc2)C(=O)N2C(=O)OC[C@@H]2Cc2ccccc2)cc1. The lowest BCUT2D eigenvalue weighted by Gasteiger charge is -2.25. The zero-order valence-electron chi connectivity index (χ0n) is 29.3. The number of hydrogen-bond donors (Lipinski definition) is 0. The molecule has 2 fully saturated rings. The molecule has 10 heteroatoms. The lowest BCUT2D eigenvalue weighted by Crippen LogP contribution is -2.44. The van der Waals surface area contributed by atoms with Gasteiger partial charge in [-0.3, -0.25) is 9.59 Å². The van der Waals surface area contributed by atoms with Crippen molar-refractivity contribution in [2.24, 2.45) is 11.8 Å². The Balaban J connectivity index is 1.32. The summed E-state index contributed by atoms with van der Waals surface area (Å²) in [5, 5.41) is 0. The molecule has 268 valence electrons. The molecule has 10 nitrogen and oxygen atoms in total.